The number of Topliss-reactive ketones (excluding diaryl/α,β-unsaturated/α-hetero) is 1. The fourth-order valence-electron chi connectivity index (χ4n) is 3.32. The predicted octanol–water partition coefficient (Wildman–Crippen LogP) is 3.90. The van der Waals surface area contributed by atoms with Crippen molar-refractivity contribution >= 4 is 17.5 Å². The first-order valence-electron chi connectivity index (χ1n) is 8.22. The van der Waals surface area contributed by atoms with Gasteiger partial charge in [0.25, 0.3) is 0 Å². The second-order valence-corrected chi connectivity index (χ2v) is 7.27. The molecule has 0 aliphatic carbocycles. The molecule has 0 radical (unpaired) electrons. The Kier molecular flexibility index (Phi) is 4.85. The van der Waals surface area contributed by atoms with Crippen LogP contribution >= 0.6 is 11.8 Å². The van der Waals surface area contributed by atoms with Crippen molar-refractivity contribution in [1.82, 2.24) is 14.8 Å². The Hall–Kier alpha value is -1.62. The van der Waals surface area contributed by atoms with Crippen molar-refractivity contribution in [3.05, 3.63) is 40.2 Å². The van der Waals surface area contributed by atoms with Crippen molar-refractivity contribution < 1.29 is 4.79 Å². The molecule has 0 saturated heterocycles. The summed E-state index contributed by atoms with van der Waals surface area (Å²) in [4.78, 5) is 17.2. The largest absolute Gasteiger partial charge is 0.293 e. The van der Waals surface area contributed by atoms with E-state index in [2.05, 4.69) is 29.1 Å². The summed E-state index contributed by atoms with van der Waals surface area (Å²) in [6.07, 6.45) is 4.60. The molecule has 0 spiro atoms. The third-order valence-electron chi connectivity index (χ3n) is 4.29. The quantitative estimate of drug-likeness (QED) is 0.630. The monoisotopic (exact) mass is 329 g/mol. The number of hydrogen-bond acceptors (Lipinski definition) is 4. The van der Waals surface area contributed by atoms with Crippen LogP contribution in [0.2, 0.25) is 0 Å². The van der Waals surface area contributed by atoms with Gasteiger partial charge in [0.1, 0.15) is 5.82 Å². The summed E-state index contributed by atoms with van der Waals surface area (Å²) in [6, 6.07) is 4.14. The van der Waals surface area contributed by atoms with Gasteiger partial charge >= 0.3 is 0 Å². The van der Waals surface area contributed by atoms with Gasteiger partial charge in [-0.25, -0.2) is 9.67 Å². The third-order valence-corrected chi connectivity index (χ3v) is 5.13. The number of fused-ring (bicyclic) bond motifs is 1. The average Bonchev–Trinajstić information content (AvgIpc) is 2.74. The van der Waals surface area contributed by atoms with Crippen molar-refractivity contribution in [3.63, 3.8) is 0 Å². The molecule has 1 aromatic carbocycles. The fourth-order valence-corrected chi connectivity index (χ4v) is 4.05. The number of ketones is 1. The minimum atomic E-state index is 0.162. The van der Waals surface area contributed by atoms with Gasteiger partial charge in [-0.15, -0.1) is 5.10 Å². The lowest BCUT2D eigenvalue weighted by Gasteiger charge is -2.09. The molecule has 4 nitrogen and oxygen atoms in total. The van der Waals surface area contributed by atoms with Crippen LogP contribution in [-0.4, -0.2) is 26.3 Å². The van der Waals surface area contributed by atoms with Gasteiger partial charge in [-0.2, -0.15) is 0 Å². The van der Waals surface area contributed by atoms with E-state index in [1.807, 2.05) is 18.5 Å². The van der Waals surface area contributed by atoms with Crippen LogP contribution in [0.3, 0.4) is 0 Å². The minimum absolute atomic E-state index is 0.162. The Bertz CT molecular complexity index is 689. The van der Waals surface area contributed by atoms with Crippen LogP contribution in [0, 0.1) is 20.8 Å². The minimum Gasteiger partial charge on any atom is -0.293 e. The number of nitrogens with zero attached hydrogens (tertiary/aromatic N) is 3. The molecular weight excluding hydrogens is 306 g/mol. The first-order valence-corrected chi connectivity index (χ1v) is 9.20. The summed E-state index contributed by atoms with van der Waals surface area (Å²) in [5, 5.41) is 5.29. The average molecular weight is 329 g/mol. The maximum atomic E-state index is 12.6. The summed E-state index contributed by atoms with van der Waals surface area (Å²) >= 11 is 1.45. The van der Waals surface area contributed by atoms with Gasteiger partial charge in [-0.05, 0) is 44.7 Å². The second-order valence-electron chi connectivity index (χ2n) is 6.33. The van der Waals surface area contributed by atoms with Gasteiger partial charge in [-0.1, -0.05) is 35.9 Å². The van der Waals surface area contributed by atoms with Gasteiger partial charge in [-0.3, -0.25) is 4.79 Å². The van der Waals surface area contributed by atoms with E-state index in [0.717, 1.165) is 40.6 Å². The van der Waals surface area contributed by atoms with Gasteiger partial charge in [0.15, 0.2) is 5.78 Å². The maximum Gasteiger partial charge on any atom is 0.209 e. The second kappa shape index (κ2) is 6.87. The normalized spacial score (nSPS) is 14.4. The number of carbonyl (C=O) groups excluding carboxylic acids is 1. The molecule has 0 bridgehead atoms. The number of thioether (sulfide) groups is 1. The van der Waals surface area contributed by atoms with Gasteiger partial charge in [0.2, 0.25) is 5.16 Å². The zero-order valence-corrected chi connectivity index (χ0v) is 14.9. The molecular formula is C18H23N3OS. The number of benzene rings is 1. The molecule has 1 aliphatic rings. The van der Waals surface area contributed by atoms with Crippen LogP contribution in [-0.2, 0) is 13.0 Å². The lowest BCUT2D eigenvalue weighted by molar-refractivity contribution is 0.102. The van der Waals surface area contributed by atoms with Gasteiger partial charge in [0, 0.05) is 18.5 Å². The van der Waals surface area contributed by atoms with E-state index in [9.17, 15) is 4.79 Å². The van der Waals surface area contributed by atoms with Crippen LogP contribution < -0.4 is 0 Å². The number of hydrogen-bond donors (Lipinski definition) is 0. The highest BCUT2D eigenvalue weighted by Crippen LogP contribution is 2.22. The Balaban J connectivity index is 1.70. The summed E-state index contributed by atoms with van der Waals surface area (Å²) in [6.45, 7) is 7.03. The van der Waals surface area contributed by atoms with Gasteiger partial charge in [0.05, 0.1) is 5.75 Å². The maximum absolute atomic E-state index is 12.6. The highest BCUT2D eigenvalue weighted by Gasteiger charge is 2.17. The zero-order valence-electron chi connectivity index (χ0n) is 14.1. The number of aromatic nitrogens is 3. The molecule has 1 aromatic heterocycles. The van der Waals surface area contributed by atoms with E-state index in [0.29, 0.717) is 5.75 Å². The molecule has 3 rings (SSSR count). The topological polar surface area (TPSA) is 47.8 Å². The smallest absolute Gasteiger partial charge is 0.209 e. The Morgan fingerprint density at radius 3 is 2.65 bits per heavy atom. The van der Waals surface area contributed by atoms with Crippen LogP contribution in [0.4, 0.5) is 0 Å². The molecule has 0 unspecified atom stereocenters. The molecule has 0 amide bonds. The first kappa shape index (κ1) is 16.2. The Morgan fingerprint density at radius 2 is 1.91 bits per heavy atom. The summed E-state index contributed by atoms with van der Waals surface area (Å²) in [7, 11) is 0. The first-order chi connectivity index (χ1) is 11.0. The van der Waals surface area contributed by atoms with Crippen molar-refractivity contribution in [3.8, 4) is 0 Å². The molecule has 2 aromatic rings. The summed E-state index contributed by atoms with van der Waals surface area (Å²) in [5.74, 6) is 1.63. The fraction of sp³-hybridized carbons (Fsp3) is 0.500. The summed E-state index contributed by atoms with van der Waals surface area (Å²) in [5.41, 5.74) is 4.16. The van der Waals surface area contributed by atoms with Crippen molar-refractivity contribution in [2.75, 3.05) is 5.75 Å². The highest BCUT2D eigenvalue weighted by atomic mass is 32.2. The standard InChI is InChI=1S/C18H23N3OS/c1-12-9-13(2)17(14(3)10-12)15(22)11-23-18-19-16-7-5-4-6-8-21(16)20-18/h9-10H,4-8,11H2,1-3H3. The molecule has 2 heterocycles. The molecule has 0 saturated carbocycles. The number of rotatable bonds is 4. The van der Waals surface area contributed by atoms with E-state index in [1.54, 1.807) is 0 Å². The van der Waals surface area contributed by atoms with E-state index in [4.69, 9.17) is 0 Å². The Labute approximate surface area is 141 Å². The molecule has 1 aliphatic heterocycles. The van der Waals surface area contributed by atoms with Crippen molar-refractivity contribution in [2.24, 2.45) is 0 Å². The van der Waals surface area contributed by atoms with Crippen molar-refractivity contribution in [1.29, 1.82) is 0 Å². The zero-order chi connectivity index (χ0) is 16.4. The predicted molar refractivity (Wildman–Crippen MR) is 93.3 cm³/mol. The van der Waals surface area contributed by atoms with E-state index < -0.39 is 0 Å². The lowest BCUT2D eigenvalue weighted by atomic mass is 9.97. The Morgan fingerprint density at radius 1 is 1.17 bits per heavy atom. The molecule has 122 valence electrons. The van der Waals surface area contributed by atoms with E-state index in [1.165, 1.54) is 36.6 Å². The van der Waals surface area contributed by atoms with Crippen LogP contribution in [0.5, 0.6) is 0 Å². The lowest BCUT2D eigenvalue weighted by Crippen LogP contribution is -2.08. The SMILES string of the molecule is Cc1cc(C)c(C(=O)CSc2nc3n(n2)CCCCC3)c(C)c1. The molecule has 0 N–H and O–H groups in total. The number of carbonyl (C=O) groups is 1. The molecule has 0 atom stereocenters. The highest BCUT2D eigenvalue weighted by molar-refractivity contribution is 7.99. The van der Waals surface area contributed by atoms with Gasteiger partial charge < -0.3 is 0 Å². The van der Waals surface area contributed by atoms with Crippen molar-refractivity contribution in [2.45, 2.75) is 58.2 Å². The molecule has 0 fully saturated rings. The summed E-state index contributed by atoms with van der Waals surface area (Å²) < 4.78 is 2.02. The van der Waals surface area contributed by atoms with Crippen LogP contribution in [0.25, 0.3) is 0 Å². The molecule has 5 heteroatoms. The number of aryl methyl sites for hydroxylation is 5. The van der Waals surface area contributed by atoms with E-state index >= 15 is 0 Å². The van der Waals surface area contributed by atoms with Crippen LogP contribution in [0.15, 0.2) is 17.3 Å². The molecule has 23 heavy (non-hydrogen) atoms. The third kappa shape index (κ3) is 3.66. The van der Waals surface area contributed by atoms with Crippen LogP contribution in [0.1, 0.15) is 52.1 Å². The van der Waals surface area contributed by atoms with E-state index in [-0.39, 0.29) is 5.78 Å².